The van der Waals surface area contributed by atoms with Gasteiger partial charge in [-0.05, 0) is 67.4 Å². The van der Waals surface area contributed by atoms with Gasteiger partial charge in [0.2, 0.25) is 0 Å². The summed E-state index contributed by atoms with van der Waals surface area (Å²) in [5, 5.41) is 4.06. The Bertz CT molecular complexity index is 1690. The number of amides is 1. The van der Waals surface area contributed by atoms with Crippen LogP contribution >= 0.6 is 0 Å². The van der Waals surface area contributed by atoms with Gasteiger partial charge in [0.25, 0.3) is 15.9 Å². The smallest absolute Gasteiger partial charge is 0.264 e. The topological polar surface area (TPSA) is 116 Å². The quantitative estimate of drug-likeness (QED) is 0.150. The lowest BCUT2D eigenvalue weighted by atomic mass is 10.2. The van der Waals surface area contributed by atoms with Gasteiger partial charge < -0.3 is 18.9 Å². The molecule has 0 aliphatic rings. The lowest BCUT2D eigenvalue weighted by molar-refractivity contribution is -0.119. The molecule has 4 aromatic carbocycles. The molecule has 1 N–H and O–H groups in total. The molecule has 0 saturated carbocycles. The largest absolute Gasteiger partial charge is 0.497 e. The van der Waals surface area contributed by atoms with E-state index >= 15 is 0 Å². The normalized spacial score (nSPS) is 11.2. The standard InChI is InChI=1S/C33H35N3O7S/c1-5-42-32-19-26(13-18-30(32)43-23-25-9-7-6-8-10-25)21-34-35-33(37)22-36(29-17-14-27(40-3)20-31(29)41-4)44(38,39)28-15-11-24(2)12-16-28/h6-21H,5,22-23H2,1-4H3,(H,35,37)/b34-21-. The predicted octanol–water partition coefficient (Wildman–Crippen LogP) is 5.34. The number of methoxy groups -OCH3 is 2. The van der Waals surface area contributed by atoms with Crippen LogP contribution in [0.15, 0.2) is 101 Å². The monoisotopic (exact) mass is 617 g/mol. The number of sulfonamides is 1. The molecule has 0 fully saturated rings. The van der Waals surface area contributed by atoms with E-state index in [0.29, 0.717) is 36.0 Å². The van der Waals surface area contributed by atoms with Crippen molar-refractivity contribution in [2.45, 2.75) is 25.3 Å². The highest BCUT2D eigenvalue weighted by Gasteiger charge is 2.29. The van der Waals surface area contributed by atoms with Crippen LogP contribution in [0.25, 0.3) is 0 Å². The number of nitrogens with zero attached hydrogens (tertiary/aromatic N) is 2. The second kappa shape index (κ2) is 14.9. The molecule has 0 atom stereocenters. The maximum Gasteiger partial charge on any atom is 0.264 e. The molecule has 0 unspecified atom stereocenters. The molecule has 0 aromatic heterocycles. The first-order valence-electron chi connectivity index (χ1n) is 13.8. The fourth-order valence-corrected chi connectivity index (χ4v) is 5.63. The van der Waals surface area contributed by atoms with Crippen LogP contribution in [0.4, 0.5) is 5.69 Å². The van der Waals surface area contributed by atoms with Crippen LogP contribution < -0.4 is 28.7 Å². The van der Waals surface area contributed by atoms with Gasteiger partial charge in [0.15, 0.2) is 11.5 Å². The Labute approximate surface area is 257 Å². The summed E-state index contributed by atoms with van der Waals surface area (Å²) >= 11 is 0. The number of ether oxygens (including phenoxy) is 4. The highest BCUT2D eigenvalue weighted by molar-refractivity contribution is 7.92. The van der Waals surface area contributed by atoms with Gasteiger partial charge >= 0.3 is 0 Å². The minimum absolute atomic E-state index is 0.0234. The summed E-state index contributed by atoms with van der Waals surface area (Å²) in [7, 11) is -1.27. The number of anilines is 1. The Morgan fingerprint density at radius 1 is 0.864 bits per heavy atom. The number of hydrazone groups is 1. The molecule has 1 amide bonds. The summed E-state index contributed by atoms with van der Waals surface area (Å²) in [6.45, 7) is 3.97. The summed E-state index contributed by atoms with van der Waals surface area (Å²) in [6.07, 6.45) is 1.44. The van der Waals surface area contributed by atoms with Crippen LogP contribution in [0.1, 0.15) is 23.6 Å². The number of aryl methyl sites for hydroxylation is 1. The van der Waals surface area contributed by atoms with E-state index in [1.165, 1.54) is 38.6 Å². The first-order chi connectivity index (χ1) is 21.2. The molecule has 4 rings (SSSR count). The van der Waals surface area contributed by atoms with Crippen molar-refractivity contribution in [3.05, 3.63) is 108 Å². The SMILES string of the molecule is CCOc1cc(/C=N\NC(=O)CN(c2ccc(OC)cc2OC)S(=O)(=O)c2ccc(C)cc2)ccc1OCc1ccccc1. The van der Waals surface area contributed by atoms with Crippen LogP contribution in [0.3, 0.4) is 0 Å². The molecule has 0 bridgehead atoms. The van der Waals surface area contributed by atoms with Gasteiger partial charge in [-0.15, -0.1) is 0 Å². The maximum atomic E-state index is 13.8. The fraction of sp³-hybridized carbons (Fsp3) is 0.212. The van der Waals surface area contributed by atoms with E-state index < -0.39 is 22.5 Å². The van der Waals surface area contributed by atoms with E-state index in [-0.39, 0.29) is 16.3 Å². The predicted molar refractivity (Wildman–Crippen MR) is 169 cm³/mol. The van der Waals surface area contributed by atoms with Crippen molar-refractivity contribution in [3.8, 4) is 23.0 Å². The van der Waals surface area contributed by atoms with Crippen molar-refractivity contribution in [2.24, 2.45) is 5.10 Å². The van der Waals surface area contributed by atoms with Crippen molar-refractivity contribution in [1.82, 2.24) is 5.43 Å². The molecule has 11 heteroatoms. The summed E-state index contributed by atoms with van der Waals surface area (Å²) in [5.41, 5.74) is 5.15. The van der Waals surface area contributed by atoms with Gasteiger partial charge in [-0.3, -0.25) is 9.10 Å². The fourth-order valence-electron chi connectivity index (χ4n) is 4.20. The lowest BCUT2D eigenvalue weighted by Gasteiger charge is -2.25. The van der Waals surface area contributed by atoms with Gasteiger partial charge in [0, 0.05) is 6.07 Å². The summed E-state index contributed by atoms with van der Waals surface area (Å²) < 4.78 is 50.9. The van der Waals surface area contributed by atoms with Crippen LogP contribution in [0.2, 0.25) is 0 Å². The van der Waals surface area contributed by atoms with E-state index in [9.17, 15) is 13.2 Å². The number of carbonyl (C=O) groups is 1. The maximum absolute atomic E-state index is 13.8. The average Bonchev–Trinajstić information content (AvgIpc) is 3.03. The molecule has 44 heavy (non-hydrogen) atoms. The van der Waals surface area contributed by atoms with Crippen molar-refractivity contribution in [2.75, 3.05) is 31.7 Å². The number of benzene rings is 4. The highest BCUT2D eigenvalue weighted by Crippen LogP contribution is 2.35. The van der Waals surface area contributed by atoms with Crippen LogP contribution in [0.5, 0.6) is 23.0 Å². The van der Waals surface area contributed by atoms with Crippen molar-refractivity contribution < 1.29 is 32.2 Å². The number of carbonyl (C=O) groups excluding carboxylic acids is 1. The Kier molecular flexibility index (Phi) is 10.8. The van der Waals surface area contributed by atoms with Gasteiger partial charge in [-0.25, -0.2) is 13.8 Å². The van der Waals surface area contributed by atoms with E-state index in [1.807, 2.05) is 44.2 Å². The van der Waals surface area contributed by atoms with Crippen LogP contribution in [-0.4, -0.2) is 47.9 Å². The highest BCUT2D eigenvalue weighted by atomic mass is 32.2. The average molecular weight is 618 g/mol. The van der Waals surface area contributed by atoms with Crippen LogP contribution in [-0.2, 0) is 21.4 Å². The minimum Gasteiger partial charge on any atom is -0.497 e. The minimum atomic E-state index is -4.17. The summed E-state index contributed by atoms with van der Waals surface area (Å²) in [4.78, 5) is 13.1. The molecule has 0 heterocycles. The zero-order valence-corrected chi connectivity index (χ0v) is 25.8. The van der Waals surface area contributed by atoms with E-state index in [1.54, 1.807) is 42.5 Å². The molecule has 0 radical (unpaired) electrons. The molecule has 0 saturated heterocycles. The number of rotatable bonds is 14. The molecular weight excluding hydrogens is 582 g/mol. The zero-order valence-electron chi connectivity index (χ0n) is 25.0. The van der Waals surface area contributed by atoms with Crippen LogP contribution in [0, 0.1) is 6.92 Å². The summed E-state index contributed by atoms with van der Waals surface area (Å²) in [5.74, 6) is 1.12. The molecule has 4 aromatic rings. The second-order valence-electron chi connectivity index (χ2n) is 9.57. The Balaban J connectivity index is 1.53. The lowest BCUT2D eigenvalue weighted by Crippen LogP contribution is -2.39. The molecule has 0 aliphatic heterocycles. The molecule has 0 spiro atoms. The third-order valence-electron chi connectivity index (χ3n) is 6.46. The Morgan fingerprint density at radius 3 is 2.30 bits per heavy atom. The van der Waals surface area contributed by atoms with E-state index in [2.05, 4.69) is 10.5 Å². The number of hydrogen-bond donors (Lipinski definition) is 1. The number of nitrogens with one attached hydrogen (secondary N) is 1. The van der Waals surface area contributed by atoms with Crippen molar-refractivity contribution in [3.63, 3.8) is 0 Å². The second-order valence-corrected chi connectivity index (χ2v) is 11.4. The number of hydrogen-bond acceptors (Lipinski definition) is 8. The van der Waals surface area contributed by atoms with Gasteiger partial charge in [-0.1, -0.05) is 48.0 Å². The third-order valence-corrected chi connectivity index (χ3v) is 8.23. The zero-order chi connectivity index (χ0) is 31.5. The van der Waals surface area contributed by atoms with Gasteiger partial charge in [0.1, 0.15) is 24.7 Å². The first-order valence-corrected chi connectivity index (χ1v) is 15.3. The first kappa shape index (κ1) is 31.9. The van der Waals surface area contributed by atoms with Gasteiger partial charge in [-0.2, -0.15) is 5.10 Å². The molecule has 0 aliphatic carbocycles. The van der Waals surface area contributed by atoms with Gasteiger partial charge in [0.05, 0.1) is 37.6 Å². The van der Waals surface area contributed by atoms with E-state index in [4.69, 9.17) is 18.9 Å². The molecule has 10 nitrogen and oxygen atoms in total. The van der Waals surface area contributed by atoms with Crippen molar-refractivity contribution in [1.29, 1.82) is 0 Å². The van der Waals surface area contributed by atoms with Crippen molar-refractivity contribution >= 4 is 27.8 Å². The molecule has 230 valence electrons. The Morgan fingerprint density at radius 2 is 1.61 bits per heavy atom. The molecular formula is C33H35N3O7S. The third kappa shape index (κ3) is 8.07. The van der Waals surface area contributed by atoms with E-state index in [0.717, 1.165) is 15.4 Å². The summed E-state index contributed by atoms with van der Waals surface area (Å²) in [6, 6.07) is 26.1. The Hall–Kier alpha value is -5.03.